The quantitative estimate of drug-likeness (QED) is 0.831. The summed E-state index contributed by atoms with van der Waals surface area (Å²) in [6.07, 6.45) is 4.08. The summed E-state index contributed by atoms with van der Waals surface area (Å²) < 4.78 is 0. The Bertz CT molecular complexity index is 685. The van der Waals surface area contributed by atoms with Gasteiger partial charge in [-0.1, -0.05) is 36.8 Å². The van der Waals surface area contributed by atoms with Crippen LogP contribution in [0.3, 0.4) is 0 Å². The highest BCUT2D eigenvalue weighted by molar-refractivity contribution is 5.85. The Morgan fingerprint density at radius 2 is 1.52 bits per heavy atom. The lowest BCUT2D eigenvalue weighted by Gasteiger charge is -2.38. The molecule has 1 saturated carbocycles. The van der Waals surface area contributed by atoms with Crippen LogP contribution in [-0.2, 0) is 20.8 Å². The monoisotopic (exact) mass is 372 g/mol. The van der Waals surface area contributed by atoms with Gasteiger partial charge in [0.2, 0.25) is 11.8 Å². The first-order valence-corrected chi connectivity index (χ1v) is 9.83. The molecule has 1 aromatic carbocycles. The molecule has 6 nitrogen and oxygen atoms in total. The van der Waals surface area contributed by atoms with Crippen LogP contribution in [0.25, 0.3) is 0 Å². The Morgan fingerprint density at radius 1 is 0.889 bits per heavy atom. The summed E-state index contributed by atoms with van der Waals surface area (Å²) in [5, 5.41) is 9.43. The van der Waals surface area contributed by atoms with Crippen molar-refractivity contribution in [2.75, 3.05) is 26.2 Å². The maximum atomic E-state index is 12.6. The lowest BCUT2D eigenvalue weighted by molar-refractivity contribution is -0.159. The first-order chi connectivity index (χ1) is 13.0. The second-order valence-electron chi connectivity index (χ2n) is 7.72. The summed E-state index contributed by atoms with van der Waals surface area (Å²) in [5.74, 6) is -0.820. The Balaban J connectivity index is 1.48. The van der Waals surface area contributed by atoms with Gasteiger partial charge in [-0.05, 0) is 31.2 Å². The van der Waals surface area contributed by atoms with E-state index in [2.05, 4.69) is 0 Å². The summed E-state index contributed by atoms with van der Waals surface area (Å²) in [4.78, 5) is 40.2. The van der Waals surface area contributed by atoms with E-state index in [4.69, 9.17) is 0 Å². The second-order valence-corrected chi connectivity index (χ2v) is 7.72. The molecule has 1 aliphatic carbocycles. The van der Waals surface area contributed by atoms with Gasteiger partial charge in [0.15, 0.2) is 0 Å². The molecule has 1 aromatic rings. The minimum atomic E-state index is -0.853. The third-order valence-corrected chi connectivity index (χ3v) is 5.93. The number of amides is 2. The molecule has 1 saturated heterocycles. The van der Waals surface area contributed by atoms with Crippen molar-refractivity contribution in [1.82, 2.24) is 9.80 Å². The molecule has 0 spiro atoms. The van der Waals surface area contributed by atoms with Crippen LogP contribution in [0, 0.1) is 5.41 Å². The Kier molecular flexibility index (Phi) is 6.14. The average Bonchev–Trinajstić information content (AvgIpc) is 2.89. The highest BCUT2D eigenvalue weighted by atomic mass is 16.4. The number of carboxylic acids is 1. The zero-order valence-corrected chi connectivity index (χ0v) is 15.7. The topological polar surface area (TPSA) is 77.9 Å². The van der Waals surface area contributed by atoms with Gasteiger partial charge < -0.3 is 14.9 Å². The van der Waals surface area contributed by atoms with E-state index in [0.29, 0.717) is 45.4 Å². The van der Waals surface area contributed by atoms with Gasteiger partial charge in [-0.25, -0.2) is 0 Å². The Morgan fingerprint density at radius 3 is 2.07 bits per heavy atom. The maximum Gasteiger partial charge on any atom is 0.310 e. The highest BCUT2D eigenvalue weighted by Crippen LogP contribution is 2.44. The lowest BCUT2D eigenvalue weighted by Crippen LogP contribution is -2.45. The first-order valence-electron chi connectivity index (χ1n) is 9.83. The molecule has 0 bridgehead atoms. The number of aliphatic carboxylic acids is 1. The predicted molar refractivity (Wildman–Crippen MR) is 101 cm³/mol. The summed E-state index contributed by atoms with van der Waals surface area (Å²) >= 11 is 0. The number of nitrogens with zero attached hydrogens (tertiary/aromatic N) is 2. The van der Waals surface area contributed by atoms with Crippen LogP contribution in [0.15, 0.2) is 30.3 Å². The zero-order valence-electron chi connectivity index (χ0n) is 15.7. The van der Waals surface area contributed by atoms with E-state index in [1.165, 1.54) is 0 Å². The van der Waals surface area contributed by atoms with Gasteiger partial charge in [0.05, 0.1) is 5.41 Å². The SMILES string of the molecule is O=C(CCc1ccccc1)N1CCCN(C(=O)CC2(C(=O)O)CCC2)CC1. The smallest absolute Gasteiger partial charge is 0.310 e. The minimum absolute atomic E-state index is 0.0873. The summed E-state index contributed by atoms with van der Waals surface area (Å²) in [6, 6.07) is 9.95. The van der Waals surface area contributed by atoms with Crippen molar-refractivity contribution in [2.24, 2.45) is 5.41 Å². The molecule has 0 unspecified atom stereocenters. The lowest BCUT2D eigenvalue weighted by atomic mass is 9.66. The van der Waals surface area contributed by atoms with E-state index in [-0.39, 0.29) is 18.2 Å². The minimum Gasteiger partial charge on any atom is -0.481 e. The number of carbonyl (C=O) groups excluding carboxylic acids is 2. The third-order valence-electron chi connectivity index (χ3n) is 5.93. The van der Waals surface area contributed by atoms with Crippen LogP contribution >= 0.6 is 0 Å². The summed E-state index contributed by atoms with van der Waals surface area (Å²) in [6.45, 7) is 2.27. The molecular formula is C21H28N2O4. The van der Waals surface area contributed by atoms with Gasteiger partial charge in [-0.2, -0.15) is 0 Å². The number of rotatable bonds is 6. The van der Waals surface area contributed by atoms with Gasteiger partial charge in [-0.15, -0.1) is 0 Å². The van der Waals surface area contributed by atoms with Crippen molar-refractivity contribution in [3.8, 4) is 0 Å². The van der Waals surface area contributed by atoms with Crippen LogP contribution in [0.1, 0.15) is 44.1 Å². The number of aryl methyl sites for hydroxylation is 1. The van der Waals surface area contributed by atoms with E-state index in [1.54, 1.807) is 4.90 Å². The van der Waals surface area contributed by atoms with Gasteiger partial charge >= 0.3 is 5.97 Å². The van der Waals surface area contributed by atoms with Crippen molar-refractivity contribution >= 4 is 17.8 Å². The maximum absolute atomic E-state index is 12.6. The predicted octanol–water partition coefficient (Wildman–Crippen LogP) is 2.33. The summed E-state index contributed by atoms with van der Waals surface area (Å²) in [5.41, 5.74) is 0.297. The van der Waals surface area contributed by atoms with E-state index in [1.807, 2.05) is 35.2 Å². The van der Waals surface area contributed by atoms with Crippen molar-refractivity contribution < 1.29 is 19.5 Å². The molecule has 27 heavy (non-hydrogen) atoms. The number of hydrogen-bond acceptors (Lipinski definition) is 3. The first kappa shape index (κ1) is 19.4. The largest absolute Gasteiger partial charge is 0.481 e. The molecule has 0 aromatic heterocycles. The number of carbonyl (C=O) groups is 3. The third kappa shape index (κ3) is 4.67. The molecule has 0 atom stereocenters. The van der Waals surface area contributed by atoms with Gasteiger partial charge in [0.1, 0.15) is 0 Å². The van der Waals surface area contributed by atoms with Crippen molar-refractivity contribution in [3.63, 3.8) is 0 Å². The van der Waals surface area contributed by atoms with Gasteiger partial charge in [0.25, 0.3) is 0 Å². The fourth-order valence-electron chi connectivity index (χ4n) is 3.94. The van der Waals surface area contributed by atoms with Gasteiger partial charge in [0, 0.05) is 39.0 Å². The fraction of sp³-hybridized carbons (Fsp3) is 0.571. The molecule has 146 valence electrons. The van der Waals surface area contributed by atoms with Crippen LogP contribution < -0.4 is 0 Å². The van der Waals surface area contributed by atoms with Crippen molar-refractivity contribution in [1.29, 1.82) is 0 Å². The zero-order chi connectivity index (χ0) is 19.3. The number of hydrogen-bond donors (Lipinski definition) is 1. The van der Waals surface area contributed by atoms with E-state index in [0.717, 1.165) is 24.8 Å². The molecule has 2 fully saturated rings. The molecule has 1 N–H and O–H groups in total. The van der Waals surface area contributed by atoms with Crippen LogP contribution in [0.5, 0.6) is 0 Å². The molecule has 2 amide bonds. The molecule has 6 heteroatoms. The molecular weight excluding hydrogens is 344 g/mol. The van der Waals surface area contributed by atoms with E-state index >= 15 is 0 Å². The van der Waals surface area contributed by atoms with E-state index in [9.17, 15) is 19.5 Å². The van der Waals surface area contributed by atoms with Crippen molar-refractivity contribution in [2.45, 2.75) is 44.9 Å². The van der Waals surface area contributed by atoms with Gasteiger partial charge in [-0.3, -0.25) is 14.4 Å². The van der Waals surface area contributed by atoms with Crippen molar-refractivity contribution in [3.05, 3.63) is 35.9 Å². The number of benzene rings is 1. The van der Waals surface area contributed by atoms with Crippen LogP contribution in [0.4, 0.5) is 0 Å². The van der Waals surface area contributed by atoms with Crippen LogP contribution in [-0.4, -0.2) is 58.9 Å². The second kappa shape index (κ2) is 8.55. The number of carboxylic acid groups (broad SMARTS) is 1. The highest BCUT2D eigenvalue weighted by Gasteiger charge is 2.46. The van der Waals surface area contributed by atoms with Crippen LogP contribution in [0.2, 0.25) is 0 Å². The molecule has 2 aliphatic rings. The molecule has 0 radical (unpaired) electrons. The average molecular weight is 372 g/mol. The Hall–Kier alpha value is -2.37. The van der Waals surface area contributed by atoms with E-state index < -0.39 is 11.4 Å². The molecule has 1 heterocycles. The summed E-state index contributed by atoms with van der Waals surface area (Å²) in [7, 11) is 0. The fourth-order valence-corrected chi connectivity index (χ4v) is 3.94. The normalized spacial score (nSPS) is 19.1. The Labute approximate surface area is 160 Å². The standard InChI is InChI=1S/C21H28N2O4/c24-18(9-8-17-6-2-1-3-7-17)22-12-5-13-23(15-14-22)19(25)16-21(20(26)27)10-4-11-21/h1-3,6-7H,4-5,8-16H2,(H,26,27). The molecule has 3 rings (SSSR count). The molecule has 1 aliphatic heterocycles.